The Kier molecular flexibility index (Phi) is 6.77. The van der Waals surface area contributed by atoms with E-state index in [-0.39, 0.29) is 41.0 Å². The molecule has 0 radical (unpaired) electrons. The van der Waals surface area contributed by atoms with Crippen molar-refractivity contribution in [2.75, 3.05) is 5.32 Å². The van der Waals surface area contributed by atoms with Gasteiger partial charge in [0.05, 0.1) is 18.3 Å². The van der Waals surface area contributed by atoms with Gasteiger partial charge < -0.3 is 20.6 Å². The van der Waals surface area contributed by atoms with Gasteiger partial charge in [-0.15, -0.1) is 0 Å². The van der Waals surface area contributed by atoms with Crippen LogP contribution in [-0.4, -0.2) is 44.5 Å². The van der Waals surface area contributed by atoms with Crippen LogP contribution in [0.5, 0.6) is 0 Å². The SMILES string of the molecule is C[C@H](CCC(=O)Nc1ccncc1)[C@@H]1CC[C@@H]2[C@@H]3[C@H](O)C[C@H]4C[C@H](O)CC[C@]4(C)[C@@H]3C[C@H](O)[C@@]21C. The first kappa shape index (κ1) is 25.2. The molecular formula is C29H44N2O4. The van der Waals surface area contributed by atoms with E-state index < -0.39 is 0 Å². The first-order valence-corrected chi connectivity index (χ1v) is 13.9. The molecule has 6 nitrogen and oxygen atoms in total. The summed E-state index contributed by atoms with van der Waals surface area (Å²) in [5.74, 6) is 1.90. The van der Waals surface area contributed by atoms with Crippen molar-refractivity contribution in [1.82, 2.24) is 4.98 Å². The number of hydrogen-bond donors (Lipinski definition) is 4. The van der Waals surface area contributed by atoms with Gasteiger partial charge in [-0.3, -0.25) is 9.78 Å². The van der Waals surface area contributed by atoms with Crippen molar-refractivity contribution in [3.8, 4) is 0 Å². The predicted octanol–water partition coefficient (Wildman–Crippen LogP) is 4.40. The second kappa shape index (κ2) is 9.42. The third kappa shape index (κ3) is 4.23. The summed E-state index contributed by atoms with van der Waals surface area (Å²) in [5, 5.41) is 36.4. The normalized spacial score (nSPS) is 45.7. The topological polar surface area (TPSA) is 103 Å². The Morgan fingerprint density at radius 3 is 2.57 bits per heavy atom. The zero-order valence-electron chi connectivity index (χ0n) is 21.6. The van der Waals surface area contributed by atoms with E-state index in [1.807, 2.05) is 0 Å². The Morgan fingerprint density at radius 2 is 1.83 bits per heavy atom. The Morgan fingerprint density at radius 1 is 1.09 bits per heavy atom. The van der Waals surface area contributed by atoms with Crippen LogP contribution in [0, 0.1) is 46.3 Å². The highest BCUT2D eigenvalue weighted by Crippen LogP contribution is 2.68. The van der Waals surface area contributed by atoms with Gasteiger partial charge in [-0.25, -0.2) is 0 Å². The minimum atomic E-state index is -0.385. The highest BCUT2D eigenvalue weighted by atomic mass is 16.3. The minimum Gasteiger partial charge on any atom is -0.393 e. The molecule has 1 heterocycles. The zero-order chi connectivity index (χ0) is 25.0. The van der Waals surface area contributed by atoms with Crippen molar-refractivity contribution in [2.45, 2.75) is 96.9 Å². The highest BCUT2D eigenvalue weighted by molar-refractivity contribution is 5.90. The molecule has 0 aromatic carbocycles. The van der Waals surface area contributed by atoms with Crippen LogP contribution in [0.25, 0.3) is 0 Å². The molecule has 4 saturated carbocycles. The van der Waals surface area contributed by atoms with E-state index in [4.69, 9.17) is 0 Å². The molecule has 5 rings (SSSR count). The third-order valence-corrected chi connectivity index (χ3v) is 11.3. The van der Waals surface area contributed by atoms with Crippen LogP contribution in [0.15, 0.2) is 24.5 Å². The summed E-state index contributed by atoms with van der Waals surface area (Å²) in [6.07, 6.45) is 9.90. The number of carbonyl (C=O) groups is 1. The Hall–Kier alpha value is -1.50. The Balaban J connectivity index is 1.29. The lowest BCUT2D eigenvalue weighted by molar-refractivity contribution is -0.207. The monoisotopic (exact) mass is 484 g/mol. The molecule has 35 heavy (non-hydrogen) atoms. The number of fused-ring (bicyclic) bond motifs is 5. The molecule has 1 amide bonds. The van der Waals surface area contributed by atoms with Gasteiger partial charge in [0.2, 0.25) is 5.91 Å². The van der Waals surface area contributed by atoms with Crippen LogP contribution in [0.2, 0.25) is 0 Å². The zero-order valence-corrected chi connectivity index (χ0v) is 21.6. The van der Waals surface area contributed by atoms with Crippen molar-refractivity contribution in [3.63, 3.8) is 0 Å². The van der Waals surface area contributed by atoms with Crippen molar-refractivity contribution in [3.05, 3.63) is 24.5 Å². The number of aliphatic hydroxyl groups excluding tert-OH is 3. The lowest BCUT2D eigenvalue weighted by Gasteiger charge is -2.63. The first-order valence-electron chi connectivity index (χ1n) is 13.9. The van der Waals surface area contributed by atoms with E-state index >= 15 is 0 Å². The van der Waals surface area contributed by atoms with Crippen LogP contribution in [-0.2, 0) is 4.79 Å². The summed E-state index contributed by atoms with van der Waals surface area (Å²) in [5.41, 5.74) is 0.647. The second-order valence-corrected chi connectivity index (χ2v) is 12.8. The minimum absolute atomic E-state index is 0.0214. The molecule has 0 spiro atoms. The molecule has 0 bridgehead atoms. The molecule has 4 fully saturated rings. The molecule has 4 aliphatic carbocycles. The maximum atomic E-state index is 12.6. The molecule has 4 N–H and O–H groups in total. The van der Waals surface area contributed by atoms with Gasteiger partial charge in [0.1, 0.15) is 0 Å². The molecule has 11 atom stereocenters. The highest BCUT2D eigenvalue weighted by Gasteiger charge is 2.65. The summed E-state index contributed by atoms with van der Waals surface area (Å²) in [4.78, 5) is 16.5. The summed E-state index contributed by atoms with van der Waals surface area (Å²) >= 11 is 0. The van der Waals surface area contributed by atoms with Gasteiger partial charge in [-0.05, 0) is 110 Å². The number of pyridine rings is 1. The van der Waals surface area contributed by atoms with Crippen LogP contribution in [0.3, 0.4) is 0 Å². The lowest BCUT2D eigenvalue weighted by atomic mass is 9.43. The van der Waals surface area contributed by atoms with Crippen LogP contribution in [0.4, 0.5) is 5.69 Å². The van der Waals surface area contributed by atoms with Gasteiger partial charge >= 0.3 is 0 Å². The fraction of sp³-hybridized carbons (Fsp3) is 0.793. The number of anilines is 1. The first-order chi connectivity index (χ1) is 16.6. The van der Waals surface area contributed by atoms with E-state index in [9.17, 15) is 20.1 Å². The van der Waals surface area contributed by atoms with Crippen molar-refractivity contribution < 1.29 is 20.1 Å². The lowest BCUT2D eigenvalue weighted by Crippen LogP contribution is -2.62. The predicted molar refractivity (Wildman–Crippen MR) is 135 cm³/mol. The smallest absolute Gasteiger partial charge is 0.224 e. The molecule has 6 heteroatoms. The number of aliphatic hydroxyl groups is 3. The average Bonchev–Trinajstić information content (AvgIpc) is 3.18. The standard InChI is InChI=1S/C29H44N2O4/c1-17(4-7-26(35)31-19-9-12-30-13-10-19)21-5-6-22-27-23(16-25(34)29(21,22)3)28(2)11-8-20(32)14-18(28)15-24(27)33/h9-10,12-13,17-18,20-25,27,32-34H,4-8,11,14-16H2,1-3H3,(H,30,31,35)/t17-,18-,20-,21+,22-,23-,24-,25+,27+,28+,29-/m1/s1. The van der Waals surface area contributed by atoms with Crippen LogP contribution < -0.4 is 5.32 Å². The molecule has 0 aliphatic heterocycles. The average molecular weight is 485 g/mol. The molecule has 0 unspecified atom stereocenters. The van der Waals surface area contributed by atoms with Gasteiger partial charge in [0, 0.05) is 24.5 Å². The summed E-state index contributed by atoms with van der Waals surface area (Å²) in [7, 11) is 0. The van der Waals surface area contributed by atoms with E-state index in [2.05, 4.69) is 31.1 Å². The number of nitrogens with one attached hydrogen (secondary N) is 1. The van der Waals surface area contributed by atoms with Crippen LogP contribution >= 0.6 is 0 Å². The van der Waals surface area contributed by atoms with E-state index in [0.29, 0.717) is 36.0 Å². The second-order valence-electron chi connectivity index (χ2n) is 12.8. The van der Waals surface area contributed by atoms with E-state index in [0.717, 1.165) is 57.1 Å². The van der Waals surface area contributed by atoms with Gasteiger partial charge in [-0.1, -0.05) is 20.8 Å². The maximum absolute atomic E-state index is 12.6. The largest absolute Gasteiger partial charge is 0.393 e. The summed E-state index contributed by atoms with van der Waals surface area (Å²) in [6, 6.07) is 3.60. The molecule has 1 aromatic rings. The summed E-state index contributed by atoms with van der Waals surface area (Å²) < 4.78 is 0. The molecule has 194 valence electrons. The molecule has 1 aromatic heterocycles. The quantitative estimate of drug-likeness (QED) is 0.496. The number of hydrogen-bond acceptors (Lipinski definition) is 5. The molecule has 4 aliphatic rings. The maximum Gasteiger partial charge on any atom is 0.224 e. The fourth-order valence-corrected chi connectivity index (χ4v) is 9.35. The van der Waals surface area contributed by atoms with Gasteiger partial charge in [0.15, 0.2) is 0 Å². The van der Waals surface area contributed by atoms with Crippen molar-refractivity contribution in [1.29, 1.82) is 0 Å². The van der Waals surface area contributed by atoms with Gasteiger partial charge in [-0.2, -0.15) is 0 Å². The molecule has 0 saturated heterocycles. The number of nitrogens with zero attached hydrogens (tertiary/aromatic N) is 1. The molecular weight excluding hydrogens is 440 g/mol. The Labute approximate surface area is 209 Å². The van der Waals surface area contributed by atoms with Gasteiger partial charge in [0.25, 0.3) is 0 Å². The fourth-order valence-electron chi connectivity index (χ4n) is 9.35. The van der Waals surface area contributed by atoms with Crippen molar-refractivity contribution >= 4 is 11.6 Å². The summed E-state index contributed by atoms with van der Waals surface area (Å²) in [6.45, 7) is 6.89. The van der Waals surface area contributed by atoms with E-state index in [1.54, 1.807) is 24.5 Å². The number of rotatable bonds is 5. The van der Waals surface area contributed by atoms with Crippen LogP contribution in [0.1, 0.15) is 78.6 Å². The van der Waals surface area contributed by atoms with Crippen molar-refractivity contribution in [2.24, 2.45) is 46.3 Å². The Bertz CT molecular complexity index is 911. The third-order valence-electron chi connectivity index (χ3n) is 11.3. The number of amides is 1. The number of carbonyl (C=O) groups excluding carboxylic acids is 1. The van der Waals surface area contributed by atoms with E-state index in [1.165, 1.54) is 0 Å². The number of aromatic nitrogens is 1.